The van der Waals surface area contributed by atoms with Crippen LogP contribution in [0.15, 0.2) is 57.9 Å². The van der Waals surface area contributed by atoms with Crippen molar-refractivity contribution in [1.29, 1.82) is 0 Å². The highest BCUT2D eigenvalue weighted by molar-refractivity contribution is 9.10. The van der Waals surface area contributed by atoms with E-state index in [9.17, 15) is 17.6 Å². The average molecular weight is 496 g/mol. The lowest BCUT2D eigenvalue weighted by molar-refractivity contribution is -0.127. The average Bonchev–Trinajstić information content (AvgIpc) is 3.54. The summed E-state index contributed by atoms with van der Waals surface area (Å²) in [5, 5.41) is 3.03. The maximum atomic E-state index is 13.4. The first-order chi connectivity index (χ1) is 14.3. The van der Waals surface area contributed by atoms with Crippen molar-refractivity contribution in [1.82, 2.24) is 14.5 Å². The molecule has 2 aliphatic rings. The topological polar surface area (TPSA) is 69.7 Å². The maximum Gasteiger partial charge on any atom is 0.243 e. The molecule has 30 heavy (non-hydrogen) atoms. The molecule has 2 aromatic rings. The minimum atomic E-state index is -3.61. The molecule has 1 aliphatic heterocycles. The zero-order valence-electron chi connectivity index (χ0n) is 16.3. The Labute approximate surface area is 184 Å². The predicted molar refractivity (Wildman–Crippen MR) is 115 cm³/mol. The number of rotatable bonds is 6. The van der Waals surface area contributed by atoms with E-state index in [0.717, 1.165) is 12.8 Å². The van der Waals surface area contributed by atoms with E-state index in [4.69, 9.17) is 0 Å². The largest absolute Gasteiger partial charge is 0.352 e. The number of nitrogens with zero attached hydrogens (tertiary/aromatic N) is 2. The maximum absolute atomic E-state index is 13.4. The fourth-order valence-electron chi connectivity index (χ4n) is 3.66. The van der Waals surface area contributed by atoms with Crippen molar-refractivity contribution in [3.8, 4) is 0 Å². The summed E-state index contributed by atoms with van der Waals surface area (Å²) in [5.41, 5.74) is 0.706. The SMILES string of the molecule is O=C(NC1CC1)C(c1ccc(F)cc1)N1CCN(S(=O)(=O)c2cccc(Br)c2)CC1. The molecule has 2 aromatic carbocycles. The molecule has 1 unspecified atom stereocenters. The Kier molecular flexibility index (Phi) is 6.24. The Morgan fingerprint density at radius 1 is 1.07 bits per heavy atom. The number of benzene rings is 2. The highest BCUT2D eigenvalue weighted by Crippen LogP contribution is 2.28. The second kappa shape index (κ2) is 8.74. The highest BCUT2D eigenvalue weighted by atomic mass is 79.9. The lowest BCUT2D eigenvalue weighted by Gasteiger charge is -2.38. The molecule has 1 atom stereocenters. The van der Waals surface area contributed by atoms with Gasteiger partial charge in [0.25, 0.3) is 0 Å². The van der Waals surface area contributed by atoms with Crippen LogP contribution in [-0.4, -0.2) is 55.8 Å². The molecule has 1 amide bonds. The van der Waals surface area contributed by atoms with E-state index in [1.165, 1.54) is 16.4 Å². The second-order valence-corrected chi connectivity index (χ2v) is 10.5. The minimum Gasteiger partial charge on any atom is -0.352 e. The molecule has 1 saturated heterocycles. The second-order valence-electron chi connectivity index (χ2n) is 7.63. The number of halogens is 2. The molecule has 1 N–H and O–H groups in total. The van der Waals surface area contributed by atoms with Crippen LogP contribution in [0.4, 0.5) is 4.39 Å². The normalized spacial score (nSPS) is 19.4. The zero-order chi connectivity index (χ0) is 21.3. The third-order valence-electron chi connectivity index (χ3n) is 5.43. The highest BCUT2D eigenvalue weighted by Gasteiger charge is 2.36. The van der Waals surface area contributed by atoms with Crippen LogP contribution in [0, 0.1) is 5.82 Å². The molecule has 9 heteroatoms. The summed E-state index contributed by atoms with van der Waals surface area (Å²) in [6.45, 7) is 1.38. The Balaban J connectivity index is 1.50. The van der Waals surface area contributed by atoms with Crippen LogP contribution in [0.3, 0.4) is 0 Å². The molecule has 0 aromatic heterocycles. The smallest absolute Gasteiger partial charge is 0.243 e. The molecule has 2 fully saturated rings. The Morgan fingerprint density at radius 3 is 2.33 bits per heavy atom. The summed E-state index contributed by atoms with van der Waals surface area (Å²) < 4.78 is 41.5. The van der Waals surface area contributed by atoms with Gasteiger partial charge < -0.3 is 5.32 Å². The van der Waals surface area contributed by atoms with Crippen molar-refractivity contribution in [3.63, 3.8) is 0 Å². The Bertz CT molecular complexity index is 1020. The lowest BCUT2D eigenvalue weighted by atomic mass is 10.0. The van der Waals surface area contributed by atoms with Gasteiger partial charge in [0.1, 0.15) is 11.9 Å². The van der Waals surface area contributed by atoms with Crippen LogP contribution in [0.1, 0.15) is 24.4 Å². The van der Waals surface area contributed by atoms with Crippen molar-refractivity contribution in [2.45, 2.75) is 29.8 Å². The van der Waals surface area contributed by atoms with Gasteiger partial charge in [0.05, 0.1) is 4.90 Å². The molecule has 1 heterocycles. The van der Waals surface area contributed by atoms with Gasteiger partial charge in [0.2, 0.25) is 15.9 Å². The number of hydrogen-bond donors (Lipinski definition) is 1. The van der Waals surface area contributed by atoms with Gasteiger partial charge in [-0.15, -0.1) is 0 Å². The fourth-order valence-corrected chi connectivity index (χ4v) is 5.68. The van der Waals surface area contributed by atoms with Gasteiger partial charge in [-0.2, -0.15) is 4.31 Å². The zero-order valence-corrected chi connectivity index (χ0v) is 18.7. The number of hydrogen-bond acceptors (Lipinski definition) is 4. The van der Waals surface area contributed by atoms with Crippen LogP contribution in [0.2, 0.25) is 0 Å². The molecular formula is C21H23BrFN3O3S. The Hall–Kier alpha value is -1.81. The standard InChI is InChI=1S/C21H23BrFN3O3S/c22-16-2-1-3-19(14-16)30(28,29)26-12-10-25(11-13-26)20(21(27)24-18-8-9-18)15-4-6-17(23)7-5-15/h1-7,14,18,20H,8-13H2,(H,24,27). The van der Waals surface area contributed by atoms with Gasteiger partial charge in [-0.3, -0.25) is 9.69 Å². The number of carbonyl (C=O) groups is 1. The number of piperazine rings is 1. The fraction of sp³-hybridized carbons (Fsp3) is 0.381. The molecule has 6 nitrogen and oxygen atoms in total. The van der Waals surface area contributed by atoms with Gasteiger partial charge in [0.15, 0.2) is 0 Å². The third-order valence-corrected chi connectivity index (χ3v) is 7.82. The number of nitrogens with one attached hydrogen (secondary N) is 1. The van der Waals surface area contributed by atoms with E-state index in [0.29, 0.717) is 23.1 Å². The number of sulfonamides is 1. The van der Waals surface area contributed by atoms with Crippen molar-refractivity contribution >= 4 is 31.9 Å². The lowest BCUT2D eigenvalue weighted by Crippen LogP contribution is -2.52. The summed E-state index contributed by atoms with van der Waals surface area (Å²) in [6, 6.07) is 12.2. The van der Waals surface area contributed by atoms with Crippen molar-refractivity contribution in [2.75, 3.05) is 26.2 Å². The first-order valence-electron chi connectivity index (χ1n) is 9.90. The van der Waals surface area contributed by atoms with E-state index in [2.05, 4.69) is 21.2 Å². The van der Waals surface area contributed by atoms with Crippen LogP contribution < -0.4 is 5.32 Å². The summed E-state index contributed by atoms with van der Waals surface area (Å²) in [6.07, 6.45) is 1.95. The van der Waals surface area contributed by atoms with E-state index in [1.54, 1.807) is 36.4 Å². The third kappa shape index (κ3) is 4.74. The quantitative estimate of drug-likeness (QED) is 0.668. The van der Waals surface area contributed by atoms with Gasteiger partial charge in [-0.05, 0) is 48.7 Å². The van der Waals surface area contributed by atoms with Crippen LogP contribution >= 0.6 is 15.9 Å². The van der Waals surface area contributed by atoms with Crippen molar-refractivity contribution in [2.24, 2.45) is 0 Å². The molecule has 4 rings (SSSR count). The first-order valence-corrected chi connectivity index (χ1v) is 12.1. The van der Waals surface area contributed by atoms with Gasteiger partial charge in [-0.1, -0.05) is 34.1 Å². The molecule has 1 aliphatic carbocycles. The van der Waals surface area contributed by atoms with E-state index >= 15 is 0 Å². The predicted octanol–water partition coefficient (Wildman–Crippen LogP) is 2.91. The number of amides is 1. The minimum absolute atomic E-state index is 0.118. The first kappa shape index (κ1) is 21.4. The van der Waals surface area contributed by atoms with E-state index < -0.39 is 16.1 Å². The molecule has 160 valence electrons. The van der Waals surface area contributed by atoms with E-state index in [1.807, 2.05) is 4.90 Å². The van der Waals surface area contributed by atoms with Crippen molar-refractivity contribution < 1.29 is 17.6 Å². The summed E-state index contributed by atoms with van der Waals surface area (Å²) in [7, 11) is -3.61. The van der Waals surface area contributed by atoms with Crippen LogP contribution in [0.25, 0.3) is 0 Å². The summed E-state index contributed by atoms with van der Waals surface area (Å²) >= 11 is 3.32. The molecule has 1 saturated carbocycles. The molecule has 0 bridgehead atoms. The summed E-state index contributed by atoms with van der Waals surface area (Å²) in [4.78, 5) is 15.1. The van der Waals surface area contributed by atoms with E-state index in [-0.39, 0.29) is 35.8 Å². The molecule has 0 spiro atoms. The van der Waals surface area contributed by atoms with Crippen LogP contribution in [-0.2, 0) is 14.8 Å². The van der Waals surface area contributed by atoms with Gasteiger partial charge >= 0.3 is 0 Å². The monoisotopic (exact) mass is 495 g/mol. The molecule has 0 radical (unpaired) electrons. The number of carbonyl (C=O) groups excluding carboxylic acids is 1. The van der Waals surface area contributed by atoms with Crippen molar-refractivity contribution in [3.05, 3.63) is 64.4 Å². The molecular weight excluding hydrogens is 473 g/mol. The summed E-state index contributed by atoms with van der Waals surface area (Å²) in [5.74, 6) is -0.475. The Morgan fingerprint density at radius 2 is 1.73 bits per heavy atom. The van der Waals surface area contributed by atoms with Gasteiger partial charge in [0, 0.05) is 36.7 Å². The van der Waals surface area contributed by atoms with Gasteiger partial charge in [-0.25, -0.2) is 12.8 Å². The van der Waals surface area contributed by atoms with Crippen LogP contribution in [0.5, 0.6) is 0 Å².